The molecule has 124 valence electrons. The Bertz CT molecular complexity index is 546. The SMILES string of the molecule is O=C1NCCN(Cc2ccccc2)C1CC(=O)N1CCSCC1. The zero-order chi connectivity index (χ0) is 16.1. The average Bonchev–Trinajstić information content (AvgIpc) is 2.59. The number of hydrogen-bond donors (Lipinski definition) is 1. The molecular formula is C17H23N3O2S. The molecule has 1 atom stereocenters. The predicted octanol–water partition coefficient (Wildman–Crippen LogP) is 0.952. The van der Waals surface area contributed by atoms with Crippen molar-refractivity contribution in [3.63, 3.8) is 0 Å². The first kappa shape index (κ1) is 16.3. The van der Waals surface area contributed by atoms with Crippen LogP contribution in [0.2, 0.25) is 0 Å². The van der Waals surface area contributed by atoms with Gasteiger partial charge in [-0.15, -0.1) is 0 Å². The molecule has 0 spiro atoms. The van der Waals surface area contributed by atoms with Crippen LogP contribution in [0.15, 0.2) is 30.3 Å². The van der Waals surface area contributed by atoms with Gasteiger partial charge in [0.25, 0.3) is 0 Å². The minimum absolute atomic E-state index is 0.0214. The highest BCUT2D eigenvalue weighted by Crippen LogP contribution is 2.17. The zero-order valence-corrected chi connectivity index (χ0v) is 14.1. The van der Waals surface area contributed by atoms with Gasteiger partial charge in [0.15, 0.2) is 0 Å². The topological polar surface area (TPSA) is 52.7 Å². The Morgan fingerprint density at radius 3 is 2.65 bits per heavy atom. The van der Waals surface area contributed by atoms with E-state index < -0.39 is 0 Å². The van der Waals surface area contributed by atoms with Crippen LogP contribution in [-0.4, -0.2) is 65.3 Å². The summed E-state index contributed by atoms with van der Waals surface area (Å²) >= 11 is 1.88. The first-order chi connectivity index (χ1) is 11.2. The van der Waals surface area contributed by atoms with Crippen molar-refractivity contribution in [3.8, 4) is 0 Å². The van der Waals surface area contributed by atoms with Crippen LogP contribution in [0.4, 0.5) is 0 Å². The fourth-order valence-electron chi connectivity index (χ4n) is 3.10. The summed E-state index contributed by atoms with van der Waals surface area (Å²) in [5.41, 5.74) is 1.18. The van der Waals surface area contributed by atoms with E-state index in [4.69, 9.17) is 0 Å². The van der Waals surface area contributed by atoms with Crippen molar-refractivity contribution in [2.45, 2.75) is 19.0 Å². The third-order valence-electron chi connectivity index (χ3n) is 4.40. The lowest BCUT2D eigenvalue weighted by molar-refractivity contribution is -0.138. The van der Waals surface area contributed by atoms with Crippen LogP contribution in [0.3, 0.4) is 0 Å². The van der Waals surface area contributed by atoms with E-state index in [1.54, 1.807) is 0 Å². The van der Waals surface area contributed by atoms with Crippen LogP contribution < -0.4 is 5.32 Å². The molecule has 2 saturated heterocycles. The number of hydrogen-bond acceptors (Lipinski definition) is 4. The molecule has 1 aromatic carbocycles. The van der Waals surface area contributed by atoms with Gasteiger partial charge in [-0.2, -0.15) is 11.8 Å². The third kappa shape index (κ3) is 4.26. The molecule has 1 aromatic rings. The monoisotopic (exact) mass is 333 g/mol. The second-order valence-corrected chi connectivity index (χ2v) is 7.18. The van der Waals surface area contributed by atoms with E-state index in [1.807, 2.05) is 34.9 Å². The van der Waals surface area contributed by atoms with Crippen LogP contribution >= 0.6 is 11.8 Å². The van der Waals surface area contributed by atoms with Gasteiger partial charge in [0.2, 0.25) is 11.8 Å². The molecule has 1 N–H and O–H groups in total. The van der Waals surface area contributed by atoms with Crippen LogP contribution in [-0.2, 0) is 16.1 Å². The number of thioether (sulfide) groups is 1. The minimum Gasteiger partial charge on any atom is -0.353 e. The number of carbonyl (C=O) groups excluding carboxylic acids is 2. The number of rotatable bonds is 4. The molecule has 6 heteroatoms. The van der Waals surface area contributed by atoms with Crippen molar-refractivity contribution in [2.75, 3.05) is 37.7 Å². The van der Waals surface area contributed by atoms with Gasteiger partial charge in [-0.3, -0.25) is 14.5 Å². The second-order valence-electron chi connectivity index (χ2n) is 5.96. The van der Waals surface area contributed by atoms with E-state index in [2.05, 4.69) is 22.3 Å². The molecule has 1 unspecified atom stereocenters. The molecule has 0 radical (unpaired) electrons. The summed E-state index contributed by atoms with van der Waals surface area (Å²) in [6.45, 7) is 3.75. The molecule has 2 aliphatic rings. The molecule has 0 bridgehead atoms. The van der Waals surface area contributed by atoms with Crippen LogP contribution in [0, 0.1) is 0 Å². The van der Waals surface area contributed by atoms with Gasteiger partial charge in [-0.1, -0.05) is 30.3 Å². The number of nitrogens with one attached hydrogen (secondary N) is 1. The van der Waals surface area contributed by atoms with Crippen molar-refractivity contribution in [3.05, 3.63) is 35.9 Å². The van der Waals surface area contributed by atoms with Gasteiger partial charge in [-0.05, 0) is 5.56 Å². The Kier molecular flexibility index (Phi) is 5.56. The first-order valence-corrected chi connectivity index (χ1v) is 9.31. The maximum Gasteiger partial charge on any atom is 0.237 e. The maximum absolute atomic E-state index is 12.5. The summed E-state index contributed by atoms with van der Waals surface area (Å²) < 4.78 is 0. The smallest absolute Gasteiger partial charge is 0.237 e. The fourth-order valence-corrected chi connectivity index (χ4v) is 4.00. The summed E-state index contributed by atoms with van der Waals surface area (Å²) in [4.78, 5) is 28.8. The summed E-state index contributed by atoms with van der Waals surface area (Å²) in [5.74, 6) is 2.07. The molecule has 0 aliphatic carbocycles. The molecule has 0 saturated carbocycles. The zero-order valence-electron chi connectivity index (χ0n) is 13.2. The van der Waals surface area contributed by atoms with Gasteiger partial charge in [0.05, 0.1) is 12.5 Å². The Labute approximate surface area is 141 Å². The van der Waals surface area contributed by atoms with Crippen molar-refractivity contribution in [1.82, 2.24) is 15.1 Å². The average molecular weight is 333 g/mol. The fraction of sp³-hybridized carbons (Fsp3) is 0.529. The lowest BCUT2D eigenvalue weighted by Gasteiger charge is -2.36. The van der Waals surface area contributed by atoms with Gasteiger partial charge in [-0.25, -0.2) is 0 Å². The summed E-state index contributed by atoms with van der Waals surface area (Å²) in [7, 11) is 0. The van der Waals surface area contributed by atoms with E-state index in [1.165, 1.54) is 5.56 Å². The lowest BCUT2D eigenvalue weighted by Crippen LogP contribution is -2.56. The Balaban J connectivity index is 1.65. The first-order valence-electron chi connectivity index (χ1n) is 8.15. The standard InChI is InChI=1S/C17H23N3O2S/c21-16(19-8-10-23-11-9-19)12-15-17(22)18-6-7-20(15)13-14-4-2-1-3-5-14/h1-5,15H,6-13H2,(H,18,22). The highest BCUT2D eigenvalue weighted by molar-refractivity contribution is 7.99. The molecule has 2 heterocycles. The van der Waals surface area contributed by atoms with Crippen LogP contribution in [0.1, 0.15) is 12.0 Å². The van der Waals surface area contributed by atoms with E-state index in [0.717, 1.165) is 31.1 Å². The van der Waals surface area contributed by atoms with E-state index in [-0.39, 0.29) is 24.3 Å². The van der Waals surface area contributed by atoms with Gasteiger partial charge in [0, 0.05) is 44.2 Å². The highest BCUT2D eigenvalue weighted by Gasteiger charge is 2.33. The van der Waals surface area contributed by atoms with Gasteiger partial charge in [0.1, 0.15) is 0 Å². The van der Waals surface area contributed by atoms with E-state index in [0.29, 0.717) is 13.1 Å². The summed E-state index contributed by atoms with van der Waals surface area (Å²) in [6, 6.07) is 9.77. The predicted molar refractivity (Wildman–Crippen MR) is 92.2 cm³/mol. The largest absolute Gasteiger partial charge is 0.353 e. The van der Waals surface area contributed by atoms with Gasteiger partial charge >= 0.3 is 0 Å². The molecule has 2 amide bonds. The normalized spacial score (nSPS) is 22.7. The maximum atomic E-state index is 12.5. The summed E-state index contributed by atoms with van der Waals surface area (Å²) in [5, 5.41) is 2.90. The lowest BCUT2D eigenvalue weighted by atomic mass is 10.1. The van der Waals surface area contributed by atoms with E-state index in [9.17, 15) is 9.59 Å². The van der Waals surface area contributed by atoms with Crippen LogP contribution in [0.25, 0.3) is 0 Å². The van der Waals surface area contributed by atoms with Crippen molar-refractivity contribution in [2.24, 2.45) is 0 Å². The quantitative estimate of drug-likeness (QED) is 0.891. The number of nitrogens with zero attached hydrogens (tertiary/aromatic N) is 2. The van der Waals surface area contributed by atoms with Crippen LogP contribution in [0.5, 0.6) is 0 Å². The molecule has 23 heavy (non-hydrogen) atoms. The summed E-state index contributed by atoms with van der Waals surface area (Å²) in [6.07, 6.45) is 0.281. The number of piperazine rings is 1. The second kappa shape index (κ2) is 7.84. The van der Waals surface area contributed by atoms with Crippen molar-refractivity contribution >= 4 is 23.6 Å². The number of benzene rings is 1. The Morgan fingerprint density at radius 1 is 1.17 bits per heavy atom. The van der Waals surface area contributed by atoms with E-state index >= 15 is 0 Å². The molecule has 2 fully saturated rings. The Morgan fingerprint density at radius 2 is 1.91 bits per heavy atom. The molecule has 3 rings (SSSR count). The number of amides is 2. The third-order valence-corrected chi connectivity index (χ3v) is 5.34. The Hall–Kier alpha value is -1.53. The van der Waals surface area contributed by atoms with Crippen molar-refractivity contribution < 1.29 is 9.59 Å². The number of carbonyl (C=O) groups is 2. The van der Waals surface area contributed by atoms with Gasteiger partial charge < -0.3 is 10.2 Å². The van der Waals surface area contributed by atoms with Crippen molar-refractivity contribution in [1.29, 1.82) is 0 Å². The highest BCUT2D eigenvalue weighted by atomic mass is 32.2. The molecule has 5 nitrogen and oxygen atoms in total. The molecule has 2 aliphatic heterocycles. The molecular weight excluding hydrogens is 310 g/mol. The molecule has 0 aromatic heterocycles. The minimum atomic E-state index is -0.356.